The Hall–Kier alpha value is -2.33. The first-order valence-corrected chi connectivity index (χ1v) is 12.5. The van der Waals surface area contributed by atoms with Crippen molar-refractivity contribution in [2.45, 2.75) is 91.9 Å². The summed E-state index contributed by atoms with van der Waals surface area (Å²) in [4.78, 5) is 0. The van der Waals surface area contributed by atoms with Crippen LogP contribution in [0.3, 0.4) is 0 Å². The fourth-order valence-corrected chi connectivity index (χ4v) is 5.30. The summed E-state index contributed by atoms with van der Waals surface area (Å²) in [5, 5.41) is 9.43. The van der Waals surface area contributed by atoms with Crippen LogP contribution in [0.25, 0.3) is 0 Å². The third-order valence-electron chi connectivity index (χ3n) is 7.62. The van der Waals surface area contributed by atoms with E-state index in [1.807, 2.05) is 19.9 Å². The number of hydrogen-bond acceptors (Lipinski definition) is 1. The van der Waals surface area contributed by atoms with Gasteiger partial charge in [0.15, 0.2) is 0 Å². The lowest BCUT2D eigenvalue weighted by Gasteiger charge is -2.42. The summed E-state index contributed by atoms with van der Waals surface area (Å²) in [5.74, 6) is 0.474. The van der Waals surface area contributed by atoms with E-state index in [0.717, 1.165) is 43.3 Å². The van der Waals surface area contributed by atoms with Gasteiger partial charge in [-0.3, -0.25) is 0 Å². The van der Waals surface area contributed by atoms with E-state index in [2.05, 4.69) is 63.4 Å². The Morgan fingerprint density at radius 3 is 2.19 bits per heavy atom. The second-order valence-electron chi connectivity index (χ2n) is 9.68. The van der Waals surface area contributed by atoms with Crippen molar-refractivity contribution in [1.82, 2.24) is 0 Å². The summed E-state index contributed by atoms with van der Waals surface area (Å²) in [6, 6.07) is 11.4. The number of aryl methyl sites for hydroxylation is 1. The number of nitrogens with zero attached hydrogens (tertiary/aromatic N) is 1. The number of nitriles is 1. The van der Waals surface area contributed by atoms with Gasteiger partial charge in [0.25, 0.3) is 0 Å². The molecule has 0 bridgehead atoms. The molecule has 0 heterocycles. The molecule has 1 atom stereocenters. The highest BCUT2D eigenvalue weighted by Crippen LogP contribution is 2.49. The van der Waals surface area contributed by atoms with Crippen molar-refractivity contribution in [2.24, 2.45) is 11.3 Å². The Balaban J connectivity index is 2.07. The van der Waals surface area contributed by atoms with Gasteiger partial charge in [0, 0.05) is 0 Å². The fraction of sp³-hybridized carbons (Fsp3) is 0.516. The summed E-state index contributed by atoms with van der Waals surface area (Å²) in [6.07, 6.45) is 15.5. The molecule has 1 nitrogen and oxygen atoms in total. The van der Waals surface area contributed by atoms with Gasteiger partial charge in [-0.05, 0) is 86.8 Å². The van der Waals surface area contributed by atoms with Gasteiger partial charge in [0.2, 0.25) is 0 Å². The van der Waals surface area contributed by atoms with Crippen molar-refractivity contribution in [3.05, 3.63) is 83.0 Å². The summed E-state index contributed by atoms with van der Waals surface area (Å²) in [5.41, 5.74) is 7.64. The van der Waals surface area contributed by atoms with Gasteiger partial charge in [0.05, 0.1) is 11.6 Å². The predicted molar refractivity (Wildman–Crippen MR) is 139 cm³/mol. The van der Waals surface area contributed by atoms with E-state index in [4.69, 9.17) is 0 Å². The molecule has 1 aliphatic carbocycles. The molecule has 0 radical (unpaired) electrons. The molecular weight excluding hydrogens is 386 g/mol. The minimum atomic E-state index is 0.217. The van der Waals surface area contributed by atoms with Crippen molar-refractivity contribution in [1.29, 1.82) is 5.26 Å². The Labute approximate surface area is 197 Å². The van der Waals surface area contributed by atoms with Gasteiger partial charge in [-0.1, -0.05) is 93.8 Å². The van der Waals surface area contributed by atoms with Gasteiger partial charge in [0.1, 0.15) is 0 Å². The Bertz CT molecular complexity index is 866. The van der Waals surface area contributed by atoms with E-state index in [1.165, 1.54) is 54.4 Å². The maximum absolute atomic E-state index is 9.43. The zero-order valence-electron chi connectivity index (χ0n) is 21.0. The average molecular weight is 430 g/mol. The number of hydrogen-bond donors (Lipinski definition) is 0. The lowest BCUT2D eigenvalue weighted by Crippen LogP contribution is -2.29. The summed E-state index contributed by atoms with van der Waals surface area (Å²) in [7, 11) is 0. The topological polar surface area (TPSA) is 23.8 Å². The summed E-state index contributed by atoms with van der Waals surface area (Å²) < 4.78 is 0. The van der Waals surface area contributed by atoms with Crippen LogP contribution in [0.2, 0.25) is 0 Å². The molecule has 1 aromatic carbocycles. The molecule has 0 N–H and O–H groups in total. The highest BCUT2D eigenvalue weighted by molar-refractivity contribution is 5.41. The van der Waals surface area contributed by atoms with Crippen LogP contribution in [0.1, 0.15) is 90.2 Å². The van der Waals surface area contributed by atoms with E-state index in [1.54, 1.807) is 0 Å². The molecule has 1 aromatic rings. The second-order valence-corrected chi connectivity index (χ2v) is 9.68. The predicted octanol–water partition coefficient (Wildman–Crippen LogP) is 9.08. The van der Waals surface area contributed by atoms with Gasteiger partial charge in [-0.2, -0.15) is 5.26 Å². The smallest absolute Gasteiger partial charge is 0.0990 e. The molecule has 0 spiro atoms. The van der Waals surface area contributed by atoms with Crippen LogP contribution in [-0.4, -0.2) is 0 Å². The first kappa shape index (κ1) is 25.9. The van der Waals surface area contributed by atoms with Crippen LogP contribution in [-0.2, 0) is 12.8 Å². The van der Waals surface area contributed by atoms with Crippen LogP contribution in [0.5, 0.6) is 0 Å². The van der Waals surface area contributed by atoms with Crippen molar-refractivity contribution >= 4 is 0 Å². The van der Waals surface area contributed by atoms with Crippen molar-refractivity contribution in [3.8, 4) is 6.07 Å². The molecule has 1 heteroatoms. The largest absolute Gasteiger partial charge is 0.192 e. The molecule has 0 saturated heterocycles. The normalized spacial score (nSPS) is 17.5. The molecule has 0 amide bonds. The Morgan fingerprint density at radius 2 is 1.66 bits per heavy atom. The molecule has 1 aliphatic rings. The molecule has 1 fully saturated rings. The van der Waals surface area contributed by atoms with Gasteiger partial charge >= 0.3 is 0 Å². The second kappa shape index (κ2) is 12.6. The molecule has 32 heavy (non-hydrogen) atoms. The molecule has 1 saturated carbocycles. The van der Waals surface area contributed by atoms with E-state index in [9.17, 15) is 5.26 Å². The molecule has 1 unspecified atom stereocenters. The summed E-state index contributed by atoms with van der Waals surface area (Å²) in [6.45, 7) is 17.7. The fourth-order valence-electron chi connectivity index (χ4n) is 5.30. The number of benzene rings is 1. The van der Waals surface area contributed by atoms with E-state index in [0.29, 0.717) is 5.92 Å². The SMILES string of the molecule is C=C(Cc1ccc(CC)cc1)C(C)CC1(C(=C)CCC(=C/C)/C(C#N)=C\C)CCCCC1. The van der Waals surface area contributed by atoms with E-state index < -0.39 is 0 Å². The average Bonchev–Trinajstić information content (AvgIpc) is 2.82. The highest BCUT2D eigenvalue weighted by atomic mass is 14.4. The van der Waals surface area contributed by atoms with Gasteiger partial charge in [-0.15, -0.1) is 0 Å². The molecule has 0 aliphatic heterocycles. The first-order chi connectivity index (χ1) is 15.4. The zero-order chi connectivity index (χ0) is 23.6. The monoisotopic (exact) mass is 429 g/mol. The molecule has 0 aromatic heterocycles. The lowest BCUT2D eigenvalue weighted by atomic mass is 9.63. The van der Waals surface area contributed by atoms with Crippen LogP contribution >= 0.6 is 0 Å². The van der Waals surface area contributed by atoms with Gasteiger partial charge < -0.3 is 0 Å². The maximum Gasteiger partial charge on any atom is 0.0990 e. The van der Waals surface area contributed by atoms with Crippen LogP contribution in [0, 0.1) is 22.7 Å². The Morgan fingerprint density at radius 1 is 1.03 bits per heavy atom. The quantitative estimate of drug-likeness (QED) is 0.195. The Kier molecular flexibility index (Phi) is 10.2. The van der Waals surface area contributed by atoms with E-state index >= 15 is 0 Å². The van der Waals surface area contributed by atoms with E-state index in [-0.39, 0.29) is 5.41 Å². The van der Waals surface area contributed by atoms with Crippen LogP contribution in [0.4, 0.5) is 0 Å². The van der Waals surface area contributed by atoms with Crippen LogP contribution in [0.15, 0.2) is 71.9 Å². The standard InChI is InChI=1S/C31H43N/c1-7-27-14-16-28(17-15-27)21-24(4)25(5)22-31(19-11-10-12-20-31)26(6)13-18-29(8-2)30(9-3)23-32/h8-9,14-17,25H,4,6-7,10-13,18-22H2,1-3,5H3/b29-8-,30-9-. The highest BCUT2D eigenvalue weighted by Gasteiger charge is 2.36. The zero-order valence-corrected chi connectivity index (χ0v) is 21.0. The number of rotatable bonds is 11. The molecule has 172 valence electrons. The molecular formula is C31H43N. The van der Waals surface area contributed by atoms with Crippen molar-refractivity contribution in [3.63, 3.8) is 0 Å². The minimum absolute atomic E-state index is 0.217. The van der Waals surface area contributed by atoms with Crippen molar-refractivity contribution in [2.75, 3.05) is 0 Å². The summed E-state index contributed by atoms with van der Waals surface area (Å²) >= 11 is 0. The lowest BCUT2D eigenvalue weighted by molar-refractivity contribution is 0.194. The third kappa shape index (κ3) is 6.83. The third-order valence-corrected chi connectivity index (χ3v) is 7.62. The number of allylic oxidation sites excluding steroid dienone is 6. The first-order valence-electron chi connectivity index (χ1n) is 12.5. The minimum Gasteiger partial charge on any atom is -0.192 e. The molecule has 2 rings (SSSR count). The maximum atomic E-state index is 9.43. The van der Waals surface area contributed by atoms with Gasteiger partial charge in [-0.25, -0.2) is 0 Å². The van der Waals surface area contributed by atoms with Crippen molar-refractivity contribution < 1.29 is 0 Å². The van der Waals surface area contributed by atoms with Crippen LogP contribution < -0.4 is 0 Å².